The van der Waals surface area contributed by atoms with Crippen molar-refractivity contribution < 1.29 is 14.4 Å². The molecule has 0 bridgehead atoms. The van der Waals surface area contributed by atoms with Crippen LogP contribution in [0.25, 0.3) is 0 Å². The number of urea groups is 1. The summed E-state index contributed by atoms with van der Waals surface area (Å²) in [4.78, 5) is 39.3. The van der Waals surface area contributed by atoms with Crippen LogP contribution in [0.15, 0.2) is 48.5 Å². The molecule has 7 nitrogen and oxygen atoms in total. The molecule has 0 radical (unpaired) electrons. The fraction of sp³-hybridized carbons (Fsp3) is 0.250. The molecule has 2 aliphatic rings. The van der Waals surface area contributed by atoms with Crippen LogP contribution in [0.2, 0.25) is 0 Å². The standard InChI is InChI=1S/C20H20N4O3/c25-18-2-1-12-23(18)16-9-5-15(6-10-16)22-19(26)14-3-7-17(8-4-14)24-13-11-21-20(24)27/h3-10H,1-2,11-13H2,(H,21,27)(H,22,26). The Balaban J connectivity index is 1.41. The molecule has 7 heteroatoms. The molecule has 4 amide bonds. The topological polar surface area (TPSA) is 81.8 Å². The quantitative estimate of drug-likeness (QED) is 0.875. The van der Waals surface area contributed by atoms with Crippen molar-refractivity contribution in [2.24, 2.45) is 0 Å². The van der Waals surface area contributed by atoms with E-state index in [1.165, 1.54) is 0 Å². The monoisotopic (exact) mass is 364 g/mol. The van der Waals surface area contributed by atoms with Crippen LogP contribution < -0.4 is 20.4 Å². The van der Waals surface area contributed by atoms with Gasteiger partial charge in [0.25, 0.3) is 5.91 Å². The molecule has 2 aliphatic heterocycles. The SMILES string of the molecule is O=C(Nc1ccc(N2CCCC2=O)cc1)c1ccc(N2CCNC2=O)cc1. The van der Waals surface area contributed by atoms with Gasteiger partial charge in [-0.1, -0.05) is 0 Å². The van der Waals surface area contributed by atoms with E-state index in [1.54, 1.807) is 46.2 Å². The van der Waals surface area contributed by atoms with Gasteiger partial charge in [0.15, 0.2) is 0 Å². The lowest BCUT2D eigenvalue weighted by atomic mass is 10.1. The van der Waals surface area contributed by atoms with Gasteiger partial charge in [0.1, 0.15) is 0 Å². The largest absolute Gasteiger partial charge is 0.336 e. The van der Waals surface area contributed by atoms with Crippen molar-refractivity contribution in [2.75, 3.05) is 34.8 Å². The minimum Gasteiger partial charge on any atom is -0.336 e. The van der Waals surface area contributed by atoms with Crippen LogP contribution in [0.1, 0.15) is 23.2 Å². The summed E-state index contributed by atoms with van der Waals surface area (Å²) in [6.45, 7) is 1.99. The molecule has 0 atom stereocenters. The van der Waals surface area contributed by atoms with Gasteiger partial charge < -0.3 is 15.5 Å². The Morgan fingerprint density at radius 3 is 2.15 bits per heavy atom. The molecular weight excluding hydrogens is 344 g/mol. The molecular formula is C20H20N4O3. The molecule has 0 aromatic heterocycles. The minimum atomic E-state index is -0.225. The molecule has 0 saturated carbocycles. The molecule has 2 N–H and O–H groups in total. The Hall–Kier alpha value is -3.35. The smallest absolute Gasteiger partial charge is 0.321 e. The number of nitrogens with one attached hydrogen (secondary N) is 2. The first kappa shape index (κ1) is 17.1. The molecule has 0 spiro atoms. The third kappa shape index (κ3) is 3.48. The lowest BCUT2D eigenvalue weighted by Crippen LogP contribution is -2.27. The third-order valence-electron chi connectivity index (χ3n) is 4.81. The average Bonchev–Trinajstić information content (AvgIpc) is 3.31. The van der Waals surface area contributed by atoms with Gasteiger partial charge in [-0.25, -0.2) is 4.79 Å². The fourth-order valence-corrected chi connectivity index (χ4v) is 3.36. The summed E-state index contributed by atoms with van der Waals surface area (Å²) < 4.78 is 0. The Labute approximate surface area is 157 Å². The number of amides is 4. The molecule has 27 heavy (non-hydrogen) atoms. The second-order valence-electron chi connectivity index (χ2n) is 6.58. The van der Waals surface area contributed by atoms with Crippen LogP contribution in [0.4, 0.5) is 21.9 Å². The zero-order valence-electron chi connectivity index (χ0n) is 14.8. The molecule has 2 heterocycles. The van der Waals surface area contributed by atoms with Crippen LogP contribution in [0.5, 0.6) is 0 Å². The second kappa shape index (κ2) is 7.11. The van der Waals surface area contributed by atoms with Crippen LogP contribution in [0.3, 0.4) is 0 Å². The Morgan fingerprint density at radius 2 is 1.56 bits per heavy atom. The van der Waals surface area contributed by atoms with E-state index in [-0.39, 0.29) is 17.8 Å². The number of anilines is 3. The number of nitrogens with zero attached hydrogens (tertiary/aromatic N) is 2. The number of rotatable bonds is 4. The van der Waals surface area contributed by atoms with Crippen molar-refractivity contribution in [3.8, 4) is 0 Å². The molecule has 2 fully saturated rings. The maximum absolute atomic E-state index is 12.4. The van der Waals surface area contributed by atoms with Crippen LogP contribution in [-0.2, 0) is 4.79 Å². The van der Waals surface area contributed by atoms with E-state index in [0.29, 0.717) is 30.8 Å². The summed E-state index contributed by atoms with van der Waals surface area (Å²) in [5.74, 6) is -0.0871. The van der Waals surface area contributed by atoms with E-state index in [2.05, 4.69) is 10.6 Å². The summed E-state index contributed by atoms with van der Waals surface area (Å²) in [6, 6.07) is 14.1. The highest BCUT2D eigenvalue weighted by molar-refractivity contribution is 6.05. The fourth-order valence-electron chi connectivity index (χ4n) is 3.36. The zero-order chi connectivity index (χ0) is 18.8. The number of hydrogen-bond acceptors (Lipinski definition) is 3. The third-order valence-corrected chi connectivity index (χ3v) is 4.81. The first-order valence-corrected chi connectivity index (χ1v) is 8.99. The van der Waals surface area contributed by atoms with Gasteiger partial charge in [0.05, 0.1) is 0 Å². The van der Waals surface area contributed by atoms with Crippen LogP contribution >= 0.6 is 0 Å². The van der Waals surface area contributed by atoms with Gasteiger partial charge in [-0.3, -0.25) is 14.5 Å². The van der Waals surface area contributed by atoms with Crippen molar-refractivity contribution in [2.45, 2.75) is 12.8 Å². The maximum atomic E-state index is 12.4. The summed E-state index contributed by atoms with van der Waals surface area (Å²) in [6.07, 6.45) is 1.47. The predicted molar refractivity (Wildman–Crippen MR) is 103 cm³/mol. The van der Waals surface area contributed by atoms with Crippen molar-refractivity contribution in [3.05, 3.63) is 54.1 Å². The Morgan fingerprint density at radius 1 is 0.889 bits per heavy atom. The highest BCUT2D eigenvalue weighted by Crippen LogP contribution is 2.23. The number of carbonyl (C=O) groups is 3. The highest BCUT2D eigenvalue weighted by atomic mass is 16.2. The van der Waals surface area contributed by atoms with Gasteiger partial charge in [0.2, 0.25) is 5.91 Å². The van der Waals surface area contributed by atoms with Crippen molar-refractivity contribution in [1.82, 2.24) is 5.32 Å². The molecule has 2 aromatic carbocycles. The van der Waals surface area contributed by atoms with Crippen molar-refractivity contribution in [1.29, 1.82) is 0 Å². The van der Waals surface area contributed by atoms with E-state index in [0.717, 1.165) is 24.3 Å². The summed E-state index contributed by atoms with van der Waals surface area (Å²) in [5, 5.41) is 5.60. The van der Waals surface area contributed by atoms with Gasteiger partial charge in [-0.15, -0.1) is 0 Å². The first-order valence-electron chi connectivity index (χ1n) is 8.99. The average molecular weight is 364 g/mol. The summed E-state index contributed by atoms with van der Waals surface area (Å²) >= 11 is 0. The minimum absolute atomic E-state index is 0.122. The van der Waals surface area contributed by atoms with Crippen molar-refractivity contribution >= 4 is 34.9 Å². The van der Waals surface area contributed by atoms with E-state index in [1.807, 2.05) is 12.1 Å². The van der Waals surface area contributed by atoms with Gasteiger partial charge in [-0.05, 0) is 55.0 Å². The van der Waals surface area contributed by atoms with Gasteiger partial charge in [-0.2, -0.15) is 0 Å². The molecule has 0 unspecified atom stereocenters. The number of benzene rings is 2. The van der Waals surface area contributed by atoms with Gasteiger partial charge >= 0.3 is 6.03 Å². The Kier molecular flexibility index (Phi) is 4.50. The van der Waals surface area contributed by atoms with Crippen LogP contribution in [-0.4, -0.2) is 37.5 Å². The van der Waals surface area contributed by atoms with E-state index < -0.39 is 0 Å². The lowest BCUT2D eigenvalue weighted by Gasteiger charge is -2.16. The van der Waals surface area contributed by atoms with E-state index in [9.17, 15) is 14.4 Å². The molecule has 138 valence electrons. The molecule has 4 rings (SSSR count). The van der Waals surface area contributed by atoms with Crippen molar-refractivity contribution in [3.63, 3.8) is 0 Å². The zero-order valence-corrected chi connectivity index (χ0v) is 14.8. The predicted octanol–water partition coefficient (Wildman–Crippen LogP) is 2.60. The van der Waals surface area contributed by atoms with Crippen LogP contribution in [0, 0.1) is 0 Å². The molecule has 2 saturated heterocycles. The van der Waals surface area contributed by atoms with E-state index >= 15 is 0 Å². The summed E-state index contributed by atoms with van der Waals surface area (Å²) in [7, 11) is 0. The number of carbonyl (C=O) groups excluding carboxylic acids is 3. The second-order valence-corrected chi connectivity index (χ2v) is 6.58. The summed E-state index contributed by atoms with van der Waals surface area (Å²) in [5.41, 5.74) is 2.79. The first-order chi connectivity index (χ1) is 13.1. The lowest BCUT2D eigenvalue weighted by molar-refractivity contribution is -0.117. The van der Waals surface area contributed by atoms with Gasteiger partial charge in [0, 0.05) is 48.7 Å². The van der Waals surface area contributed by atoms with E-state index in [4.69, 9.17) is 0 Å². The number of hydrogen-bond donors (Lipinski definition) is 2. The molecule has 2 aromatic rings. The maximum Gasteiger partial charge on any atom is 0.321 e. The normalized spacial score (nSPS) is 16.6. The highest BCUT2D eigenvalue weighted by Gasteiger charge is 2.22. The Bertz CT molecular complexity index is 877. The molecule has 0 aliphatic carbocycles.